The van der Waals surface area contributed by atoms with E-state index in [0.717, 1.165) is 26.2 Å². The lowest BCUT2D eigenvalue weighted by molar-refractivity contribution is -0.131. The van der Waals surface area contributed by atoms with Crippen LogP contribution in [-0.2, 0) is 9.59 Å². The molecule has 0 unspecified atom stereocenters. The number of para-hydroxylation sites is 1. The molecule has 6 nitrogen and oxygen atoms in total. The highest BCUT2D eigenvalue weighted by Gasteiger charge is 2.21. The van der Waals surface area contributed by atoms with E-state index in [4.69, 9.17) is 5.84 Å². The number of aryl methyl sites for hydroxylation is 1. The Morgan fingerprint density at radius 3 is 2.45 bits per heavy atom. The Morgan fingerprint density at radius 2 is 1.82 bits per heavy atom. The van der Waals surface area contributed by atoms with E-state index in [1.165, 1.54) is 11.3 Å². The molecular weight excluding hydrogens is 280 g/mol. The molecule has 0 radical (unpaired) electrons. The van der Waals surface area contributed by atoms with E-state index in [-0.39, 0.29) is 11.8 Å². The molecule has 0 aliphatic carbocycles. The van der Waals surface area contributed by atoms with Gasteiger partial charge in [0.2, 0.25) is 11.8 Å². The minimum atomic E-state index is -0.225. The highest BCUT2D eigenvalue weighted by atomic mass is 16.2. The Hall–Kier alpha value is -2.08. The van der Waals surface area contributed by atoms with E-state index < -0.39 is 0 Å². The first-order valence-electron chi connectivity index (χ1n) is 7.69. The Labute approximate surface area is 131 Å². The summed E-state index contributed by atoms with van der Waals surface area (Å²) in [4.78, 5) is 27.4. The van der Waals surface area contributed by atoms with Crippen LogP contribution in [0.2, 0.25) is 0 Å². The summed E-state index contributed by atoms with van der Waals surface area (Å²) < 4.78 is 0. The molecule has 1 fully saturated rings. The molecule has 6 heteroatoms. The topological polar surface area (TPSA) is 78.7 Å². The molecule has 0 bridgehead atoms. The van der Waals surface area contributed by atoms with Crippen molar-refractivity contribution in [2.75, 3.05) is 31.1 Å². The first-order valence-corrected chi connectivity index (χ1v) is 7.69. The average molecular weight is 304 g/mol. The molecule has 1 aliphatic rings. The van der Waals surface area contributed by atoms with Crippen LogP contribution in [0.5, 0.6) is 0 Å². The first-order chi connectivity index (χ1) is 10.6. The molecule has 1 saturated heterocycles. The van der Waals surface area contributed by atoms with Crippen LogP contribution in [0.15, 0.2) is 24.3 Å². The zero-order valence-corrected chi connectivity index (χ0v) is 13.0. The van der Waals surface area contributed by atoms with Crippen molar-refractivity contribution in [1.29, 1.82) is 0 Å². The number of piperazine rings is 1. The molecular formula is C16H24N4O2. The van der Waals surface area contributed by atoms with Crippen molar-refractivity contribution in [1.82, 2.24) is 10.3 Å². The number of benzene rings is 1. The van der Waals surface area contributed by atoms with Gasteiger partial charge in [0.15, 0.2) is 0 Å². The minimum absolute atomic E-state index is 0.120. The number of hydrogen-bond acceptors (Lipinski definition) is 4. The number of amides is 2. The van der Waals surface area contributed by atoms with Crippen molar-refractivity contribution in [3.8, 4) is 0 Å². The molecule has 0 atom stereocenters. The molecule has 1 aromatic carbocycles. The van der Waals surface area contributed by atoms with Gasteiger partial charge in [0.05, 0.1) is 0 Å². The molecule has 120 valence electrons. The second-order valence-electron chi connectivity index (χ2n) is 5.58. The Kier molecular flexibility index (Phi) is 5.77. The third-order valence-electron chi connectivity index (χ3n) is 4.04. The van der Waals surface area contributed by atoms with Gasteiger partial charge in [-0.15, -0.1) is 0 Å². The van der Waals surface area contributed by atoms with Crippen LogP contribution < -0.4 is 16.2 Å². The van der Waals surface area contributed by atoms with Crippen molar-refractivity contribution < 1.29 is 9.59 Å². The van der Waals surface area contributed by atoms with Gasteiger partial charge in [-0.1, -0.05) is 18.2 Å². The van der Waals surface area contributed by atoms with Crippen LogP contribution >= 0.6 is 0 Å². The van der Waals surface area contributed by atoms with Crippen molar-refractivity contribution in [2.45, 2.75) is 26.2 Å². The monoisotopic (exact) mass is 304 g/mol. The predicted octanol–water partition coefficient (Wildman–Crippen LogP) is 0.804. The highest BCUT2D eigenvalue weighted by molar-refractivity contribution is 5.78. The van der Waals surface area contributed by atoms with E-state index in [9.17, 15) is 9.59 Å². The highest BCUT2D eigenvalue weighted by Crippen LogP contribution is 2.21. The molecule has 0 saturated carbocycles. The lowest BCUT2D eigenvalue weighted by atomic mass is 10.1. The molecule has 3 N–H and O–H groups in total. The second kappa shape index (κ2) is 7.79. The fraction of sp³-hybridized carbons (Fsp3) is 0.500. The minimum Gasteiger partial charge on any atom is -0.368 e. The summed E-state index contributed by atoms with van der Waals surface area (Å²) >= 11 is 0. The zero-order valence-electron chi connectivity index (χ0n) is 13.0. The number of carbonyl (C=O) groups excluding carboxylic acids is 2. The summed E-state index contributed by atoms with van der Waals surface area (Å²) in [6.45, 7) is 5.27. The summed E-state index contributed by atoms with van der Waals surface area (Å²) in [5.74, 6) is 4.91. The number of hydrogen-bond donors (Lipinski definition) is 2. The van der Waals surface area contributed by atoms with Crippen LogP contribution in [0.25, 0.3) is 0 Å². The third kappa shape index (κ3) is 4.21. The van der Waals surface area contributed by atoms with Crippen molar-refractivity contribution >= 4 is 17.5 Å². The summed E-state index contributed by atoms with van der Waals surface area (Å²) in [6, 6.07) is 8.31. The van der Waals surface area contributed by atoms with E-state index >= 15 is 0 Å². The van der Waals surface area contributed by atoms with E-state index in [1.807, 2.05) is 17.0 Å². The van der Waals surface area contributed by atoms with Gasteiger partial charge in [-0.05, 0) is 25.0 Å². The molecule has 2 amide bonds. The molecule has 0 aromatic heterocycles. The maximum absolute atomic E-state index is 12.1. The summed E-state index contributed by atoms with van der Waals surface area (Å²) in [7, 11) is 0. The van der Waals surface area contributed by atoms with Crippen LogP contribution in [0.4, 0.5) is 5.69 Å². The number of carbonyl (C=O) groups is 2. The van der Waals surface area contributed by atoms with Gasteiger partial charge in [-0.25, -0.2) is 5.84 Å². The largest absolute Gasteiger partial charge is 0.368 e. The SMILES string of the molecule is Cc1ccccc1N1CCN(C(=O)CCCC(=O)NN)CC1. The number of hydrazine groups is 1. The fourth-order valence-corrected chi connectivity index (χ4v) is 2.75. The lowest BCUT2D eigenvalue weighted by Crippen LogP contribution is -2.49. The summed E-state index contributed by atoms with van der Waals surface area (Å²) in [5, 5.41) is 0. The maximum atomic E-state index is 12.1. The molecule has 0 spiro atoms. The van der Waals surface area contributed by atoms with Crippen LogP contribution in [0.1, 0.15) is 24.8 Å². The zero-order chi connectivity index (χ0) is 15.9. The normalized spacial score (nSPS) is 14.8. The van der Waals surface area contributed by atoms with Crippen molar-refractivity contribution in [3.05, 3.63) is 29.8 Å². The van der Waals surface area contributed by atoms with Gasteiger partial charge >= 0.3 is 0 Å². The van der Waals surface area contributed by atoms with Crippen LogP contribution in [0.3, 0.4) is 0 Å². The quantitative estimate of drug-likeness (QED) is 0.479. The van der Waals surface area contributed by atoms with E-state index in [2.05, 4.69) is 29.4 Å². The maximum Gasteiger partial charge on any atom is 0.233 e. The molecule has 1 aliphatic heterocycles. The number of anilines is 1. The Bertz CT molecular complexity index is 525. The standard InChI is InChI=1S/C16H24N4O2/c1-13-5-2-3-6-14(13)19-9-11-20(12-10-19)16(22)8-4-7-15(21)18-17/h2-3,5-6H,4,7-12,17H2,1H3,(H,18,21). The van der Waals surface area contributed by atoms with Gasteiger partial charge in [-0.2, -0.15) is 0 Å². The average Bonchev–Trinajstić information content (AvgIpc) is 2.55. The Morgan fingerprint density at radius 1 is 1.14 bits per heavy atom. The Balaban J connectivity index is 1.78. The van der Waals surface area contributed by atoms with E-state index in [1.54, 1.807) is 0 Å². The van der Waals surface area contributed by atoms with Gasteiger partial charge < -0.3 is 9.80 Å². The van der Waals surface area contributed by atoms with Crippen molar-refractivity contribution in [3.63, 3.8) is 0 Å². The second-order valence-corrected chi connectivity index (χ2v) is 5.58. The predicted molar refractivity (Wildman–Crippen MR) is 86.2 cm³/mol. The van der Waals surface area contributed by atoms with Crippen LogP contribution in [-0.4, -0.2) is 42.9 Å². The van der Waals surface area contributed by atoms with Crippen molar-refractivity contribution in [2.24, 2.45) is 5.84 Å². The smallest absolute Gasteiger partial charge is 0.233 e. The van der Waals surface area contributed by atoms with Gasteiger partial charge in [0.1, 0.15) is 0 Å². The summed E-state index contributed by atoms with van der Waals surface area (Å²) in [5.41, 5.74) is 4.58. The molecule has 1 heterocycles. The third-order valence-corrected chi connectivity index (χ3v) is 4.04. The molecule has 2 rings (SSSR count). The van der Waals surface area contributed by atoms with Gasteiger partial charge in [0.25, 0.3) is 0 Å². The number of rotatable bonds is 5. The van der Waals surface area contributed by atoms with Crippen LogP contribution in [0, 0.1) is 6.92 Å². The van der Waals surface area contributed by atoms with Gasteiger partial charge in [0, 0.05) is 44.7 Å². The van der Waals surface area contributed by atoms with Gasteiger partial charge in [-0.3, -0.25) is 15.0 Å². The lowest BCUT2D eigenvalue weighted by Gasteiger charge is -2.36. The fourth-order valence-electron chi connectivity index (χ4n) is 2.75. The number of nitrogens with one attached hydrogen (secondary N) is 1. The first kappa shape index (κ1) is 16.3. The number of nitrogens with two attached hydrogens (primary N) is 1. The van der Waals surface area contributed by atoms with E-state index in [0.29, 0.717) is 19.3 Å². The number of nitrogens with zero attached hydrogens (tertiary/aromatic N) is 2. The molecule has 1 aromatic rings. The molecule has 22 heavy (non-hydrogen) atoms. The summed E-state index contributed by atoms with van der Waals surface area (Å²) in [6.07, 6.45) is 1.24.